The second kappa shape index (κ2) is 10.5. The zero-order chi connectivity index (χ0) is 26.1. The lowest BCUT2D eigenvalue weighted by atomic mass is 10.0. The molecular formula is C26H28ClFN6O3. The van der Waals surface area contributed by atoms with Gasteiger partial charge in [0.25, 0.3) is 5.91 Å². The zero-order valence-corrected chi connectivity index (χ0v) is 21.4. The fraction of sp³-hybridized carbons (Fsp3) is 0.346. The molecule has 1 aromatic heterocycles. The number of carbonyl (C=O) groups excluding carboxylic acids is 1. The molecule has 0 aliphatic carbocycles. The molecule has 1 amide bonds. The van der Waals surface area contributed by atoms with E-state index in [9.17, 15) is 14.3 Å². The van der Waals surface area contributed by atoms with Crippen molar-refractivity contribution in [3.05, 3.63) is 64.6 Å². The highest BCUT2D eigenvalue weighted by Gasteiger charge is 2.32. The highest BCUT2D eigenvalue weighted by Crippen LogP contribution is 2.34. The summed E-state index contributed by atoms with van der Waals surface area (Å²) in [6.07, 6.45) is 3.48. The van der Waals surface area contributed by atoms with E-state index in [1.54, 1.807) is 0 Å². The van der Waals surface area contributed by atoms with E-state index in [2.05, 4.69) is 39.2 Å². The lowest BCUT2D eigenvalue weighted by molar-refractivity contribution is 0.0931. The van der Waals surface area contributed by atoms with Crippen LogP contribution in [0.3, 0.4) is 0 Å². The van der Waals surface area contributed by atoms with Crippen molar-refractivity contribution in [2.24, 2.45) is 0 Å². The predicted octanol–water partition coefficient (Wildman–Crippen LogP) is 4.03. The Kier molecular flexibility index (Phi) is 7.14. The number of para-hydroxylation sites is 1. The smallest absolute Gasteiger partial charge is 0.268 e. The topological polar surface area (TPSA) is 94.1 Å². The highest BCUT2D eigenvalue weighted by molar-refractivity contribution is 6.34. The maximum atomic E-state index is 14.4. The van der Waals surface area contributed by atoms with Gasteiger partial charge in [-0.2, -0.15) is 4.98 Å². The number of aliphatic hydroxyl groups is 1. The van der Waals surface area contributed by atoms with E-state index in [4.69, 9.17) is 16.3 Å². The van der Waals surface area contributed by atoms with Gasteiger partial charge in [-0.15, -0.1) is 0 Å². The van der Waals surface area contributed by atoms with Crippen LogP contribution in [0.25, 0.3) is 0 Å². The number of nitrogens with zero attached hydrogens (tertiary/aromatic N) is 5. The standard InChI is InChI=1S/C26H28ClFN6O3/c1-32(2)18-8-10-33(11-9-18)22-7-6-17(12-16(22)14-35)30-26-29-13-19-24(31-26)37-15-34(25(19)36)23-20(27)4-3-5-21(23)28/h3-7,12-13,18,35H,8-11,14-15H2,1-2H3,(H,29,30,31). The third kappa shape index (κ3) is 5.04. The van der Waals surface area contributed by atoms with Crippen molar-refractivity contribution < 1.29 is 19.0 Å². The first-order chi connectivity index (χ1) is 17.9. The molecule has 3 heterocycles. The van der Waals surface area contributed by atoms with E-state index in [-0.39, 0.29) is 41.4 Å². The molecule has 0 bridgehead atoms. The van der Waals surface area contributed by atoms with Crippen molar-refractivity contribution in [3.63, 3.8) is 0 Å². The van der Waals surface area contributed by atoms with Crippen LogP contribution >= 0.6 is 11.6 Å². The summed E-state index contributed by atoms with van der Waals surface area (Å²) in [5, 5.41) is 13.2. The quantitative estimate of drug-likeness (QED) is 0.497. The molecule has 194 valence electrons. The Labute approximate surface area is 219 Å². The van der Waals surface area contributed by atoms with Crippen LogP contribution in [0.15, 0.2) is 42.6 Å². The van der Waals surface area contributed by atoms with Crippen LogP contribution in [0.1, 0.15) is 28.8 Å². The van der Waals surface area contributed by atoms with Crippen molar-refractivity contribution >= 4 is 40.5 Å². The monoisotopic (exact) mass is 526 g/mol. The molecule has 2 aromatic carbocycles. The minimum Gasteiger partial charge on any atom is -0.455 e. The van der Waals surface area contributed by atoms with Crippen LogP contribution in [0.2, 0.25) is 5.02 Å². The number of amides is 1. The maximum Gasteiger partial charge on any atom is 0.268 e. The van der Waals surface area contributed by atoms with Crippen LogP contribution in [-0.4, -0.2) is 65.8 Å². The van der Waals surface area contributed by atoms with E-state index in [0.717, 1.165) is 42.1 Å². The number of hydrogen-bond acceptors (Lipinski definition) is 8. The Balaban J connectivity index is 1.32. The molecule has 11 heteroatoms. The van der Waals surface area contributed by atoms with Crippen molar-refractivity contribution in [1.82, 2.24) is 14.9 Å². The summed E-state index contributed by atoms with van der Waals surface area (Å²) in [7, 11) is 4.22. The first kappa shape index (κ1) is 25.2. The Bertz CT molecular complexity index is 1300. The number of ether oxygens (including phenoxy) is 1. The summed E-state index contributed by atoms with van der Waals surface area (Å²) in [4.78, 5) is 27.3. The lowest BCUT2D eigenvalue weighted by Gasteiger charge is -2.37. The molecule has 9 nitrogen and oxygen atoms in total. The van der Waals surface area contributed by atoms with Crippen molar-refractivity contribution in [1.29, 1.82) is 0 Å². The summed E-state index contributed by atoms with van der Waals surface area (Å²) in [6, 6.07) is 10.5. The van der Waals surface area contributed by atoms with E-state index in [0.29, 0.717) is 11.7 Å². The minimum atomic E-state index is -0.627. The first-order valence-electron chi connectivity index (χ1n) is 12.0. The molecule has 2 aliphatic heterocycles. The number of anilines is 4. The van der Waals surface area contributed by atoms with Gasteiger partial charge in [0.2, 0.25) is 11.8 Å². The first-order valence-corrected chi connectivity index (χ1v) is 12.4. The molecule has 0 radical (unpaired) electrons. The molecule has 1 fully saturated rings. The number of fused-ring (bicyclic) bond motifs is 1. The molecule has 37 heavy (non-hydrogen) atoms. The molecule has 2 N–H and O–H groups in total. The van der Waals surface area contributed by atoms with Crippen LogP contribution in [0.5, 0.6) is 5.88 Å². The van der Waals surface area contributed by atoms with Gasteiger partial charge in [-0.25, -0.2) is 9.37 Å². The summed E-state index contributed by atoms with van der Waals surface area (Å²) >= 11 is 6.12. The largest absolute Gasteiger partial charge is 0.455 e. The van der Waals surface area contributed by atoms with Gasteiger partial charge in [-0.1, -0.05) is 17.7 Å². The zero-order valence-electron chi connectivity index (χ0n) is 20.6. The number of carbonyl (C=O) groups is 1. The second-order valence-electron chi connectivity index (χ2n) is 9.30. The Hall–Kier alpha value is -3.47. The van der Waals surface area contributed by atoms with Crippen LogP contribution < -0.4 is 19.9 Å². The third-order valence-electron chi connectivity index (χ3n) is 6.81. The van der Waals surface area contributed by atoms with Gasteiger partial charge in [0, 0.05) is 42.3 Å². The normalized spacial score (nSPS) is 16.1. The van der Waals surface area contributed by atoms with Crippen LogP contribution in [0, 0.1) is 5.82 Å². The number of hydrogen-bond donors (Lipinski definition) is 2. The molecule has 5 rings (SSSR count). The van der Waals surface area contributed by atoms with Gasteiger partial charge < -0.3 is 25.0 Å². The number of nitrogens with one attached hydrogen (secondary N) is 1. The van der Waals surface area contributed by atoms with Crippen molar-refractivity contribution in [2.75, 3.05) is 49.0 Å². The average molecular weight is 527 g/mol. The predicted molar refractivity (Wildman–Crippen MR) is 140 cm³/mol. The molecule has 0 unspecified atom stereocenters. The molecule has 0 saturated carbocycles. The Morgan fingerprint density at radius 1 is 1.24 bits per heavy atom. The molecule has 0 atom stereocenters. The number of rotatable bonds is 6. The molecular weight excluding hydrogens is 499 g/mol. The maximum absolute atomic E-state index is 14.4. The Morgan fingerprint density at radius 3 is 2.73 bits per heavy atom. The van der Waals surface area contributed by atoms with Crippen molar-refractivity contribution in [2.45, 2.75) is 25.5 Å². The fourth-order valence-electron chi connectivity index (χ4n) is 4.78. The Morgan fingerprint density at radius 2 is 2.03 bits per heavy atom. The van der Waals surface area contributed by atoms with Crippen LogP contribution in [0.4, 0.5) is 27.4 Å². The average Bonchev–Trinajstić information content (AvgIpc) is 2.90. The van der Waals surface area contributed by atoms with Gasteiger partial charge >= 0.3 is 0 Å². The molecule has 2 aliphatic rings. The van der Waals surface area contributed by atoms with Crippen LogP contribution in [-0.2, 0) is 6.61 Å². The number of piperidine rings is 1. The molecule has 1 saturated heterocycles. The van der Waals surface area contributed by atoms with Gasteiger partial charge in [-0.3, -0.25) is 9.69 Å². The summed E-state index contributed by atoms with van der Waals surface area (Å²) in [6.45, 7) is 1.51. The SMILES string of the molecule is CN(C)C1CCN(c2ccc(Nc3ncc4c(n3)OCN(c3c(F)cccc3Cl)C4=O)cc2CO)CC1. The van der Waals surface area contributed by atoms with E-state index >= 15 is 0 Å². The third-order valence-corrected chi connectivity index (χ3v) is 7.11. The van der Waals surface area contributed by atoms with Gasteiger partial charge in [-0.05, 0) is 57.3 Å². The second-order valence-corrected chi connectivity index (χ2v) is 9.70. The van der Waals surface area contributed by atoms with Gasteiger partial charge in [0.1, 0.15) is 17.1 Å². The lowest BCUT2D eigenvalue weighted by Crippen LogP contribution is -2.42. The van der Waals surface area contributed by atoms with E-state index < -0.39 is 11.7 Å². The molecule has 0 spiro atoms. The van der Waals surface area contributed by atoms with Gasteiger partial charge in [0.05, 0.1) is 11.6 Å². The fourth-order valence-corrected chi connectivity index (χ4v) is 5.04. The highest BCUT2D eigenvalue weighted by atomic mass is 35.5. The number of halogens is 2. The van der Waals surface area contributed by atoms with Gasteiger partial charge in [0.15, 0.2) is 6.73 Å². The van der Waals surface area contributed by atoms with Crippen molar-refractivity contribution in [3.8, 4) is 5.88 Å². The molecule has 3 aromatic rings. The minimum absolute atomic E-state index is 0.0513. The summed E-state index contributed by atoms with van der Waals surface area (Å²) < 4.78 is 20.0. The van der Waals surface area contributed by atoms with E-state index in [1.165, 1.54) is 24.4 Å². The summed E-state index contributed by atoms with van der Waals surface area (Å²) in [5.41, 5.74) is 2.55. The number of aromatic nitrogens is 2. The number of benzene rings is 2. The van der Waals surface area contributed by atoms with E-state index in [1.807, 2.05) is 18.2 Å². The summed E-state index contributed by atoms with van der Waals surface area (Å²) in [5.74, 6) is -0.816. The number of aliphatic hydroxyl groups excluding tert-OH is 1.